The minimum atomic E-state index is -1.22. The van der Waals surface area contributed by atoms with Gasteiger partial charge in [0.1, 0.15) is 27.8 Å². The number of aromatic amines is 1. The zero-order valence-corrected chi connectivity index (χ0v) is 19.9. The summed E-state index contributed by atoms with van der Waals surface area (Å²) in [5.41, 5.74) is 11.7. The van der Waals surface area contributed by atoms with Crippen molar-refractivity contribution < 1.29 is 24.3 Å². The van der Waals surface area contributed by atoms with Gasteiger partial charge in [0.2, 0.25) is 0 Å². The van der Waals surface area contributed by atoms with Gasteiger partial charge in [-0.3, -0.25) is 25.3 Å². The first-order valence-corrected chi connectivity index (χ1v) is 12.6. The molecule has 0 bridgehead atoms. The molecule has 0 radical (unpaired) electrons. The molecule has 2 aromatic rings. The number of thiazole rings is 1. The normalized spacial score (nSPS) is 21.1. The van der Waals surface area contributed by atoms with Crippen LogP contribution in [-0.4, -0.2) is 83.0 Å². The van der Waals surface area contributed by atoms with E-state index in [4.69, 9.17) is 16.3 Å². The van der Waals surface area contributed by atoms with Crippen LogP contribution in [0.15, 0.2) is 33.0 Å². The van der Waals surface area contributed by atoms with Gasteiger partial charge in [-0.25, -0.2) is 9.78 Å². The van der Waals surface area contributed by atoms with Gasteiger partial charge in [0, 0.05) is 16.9 Å². The first-order valence-electron chi connectivity index (χ1n) is 9.66. The second kappa shape index (κ2) is 10.00. The van der Waals surface area contributed by atoms with Gasteiger partial charge in [0.15, 0.2) is 17.1 Å². The standard InChI is InChI=1S/C17H19N9O5S3/c1-6(18)31-24-10(8-5-34-17(19)21-8)13(27)22-11-14(28)26-12(16(29)30)7(4-33-15(11)26)3-32-9-2-20-25-23-9/h2,5-6,11,15H,3-4,18H2,1H3,(H2,19,21)(H,22,27)(H,29,30)(H,20,23,25)/b24-10+/t6?,11?,15-/m1/s1. The van der Waals surface area contributed by atoms with Crippen LogP contribution in [0.1, 0.15) is 12.6 Å². The third-order valence-electron chi connectivity index (χ3n) is 4.62. The van der Waals surface area contributed by atoms with Gasteiger partial charge in [0.25, 0.3) is 11.8 Å². The van der Waals surface area contributed by atoms with Crippen LogP contribution in [0.3, 0.4) is 0 Å². The van der Waals surface area contributed by atoms with Gasteiger partial charge < -0.3 is 21.0 Å². The van der Waals surface area contributed by atoms with Gasteiger partial charge in [-0.2, -0.15) is 0 Å². The lowest BCUT2D eigenvalue weighted by molar-refractivity contribution is -0.150. The fourth-order valence-corrected chi connectivity index (χ4v) is 5.98. The number of nitrogen functional groups attached to an aromatic ring is 1. The molecule has 2 aromatic heterocycles. The van der Waals surface area contributed by atoms with E-state index in [9.17, 15) is 19.5 Å². The molecule has 3 atom stereocenters. The highest BCUT2D eigenvalue weighted by atomic mass is 32.2. The smallest absolute Gasteiger partial charge is 0.352 e. The van der Waals surface area contributed by atoms with Crippen molar-refractivity contribution in [2.45, 2.75) is 29.6 Å². The maximum Gasteiger partial charge on any atom is 0.352 e. The fourth-order valence-electron chi connectivity index (χ4n) is 3.16. The number of carbonyl (C=O) groups excluding carboxylic acids is 2. The number of aliphatic carboxylic acids is 1. The molecular formula is C17H19N9O5S3. The quantitative estimate of drug-likeness (QED) is 0.0912. The number of carboxylic acids is 1. The molecule has 2 aliphatic heterocycles. The average Bonchev–Trinajstić information content (AvgIpc) is 3.47. The number of hydrogen-bond donors (Lipinski definition) is 5. The second-order valence-electron chi connectivity index (χ2n) is 7.05. The Morgan fingerprint density at radius 3 is 2.94 bits per heavy atom. The largest absolute Gasteiger partial charge is 0.477 e. The van der Waals surface area contributed by atoms with Gasteiger partial charge >= 0.3 is 5.97 Å². The van der Waals surface area contributed by atoms with E-state index in [2.05, 4.69) is 30.9 Å². The van der Waals surface area contributed by atoms with Crippen LogP contribution in [0.5, 0.6) is 0 Å². The van der Waals surface area contributed by atoms with E-state index in [-0.39, 0.29) is 22.2 Å². The summed E-state index contributed by atoms with van der Waals surface area (Å²) in [7, 11) is 0. The number of nitrogens with one attached hydrogen (secondary N) is 2. The summed E-state index contributed by atoms with van der Waals surface area (Å²) in [6.07, 6.45) is 0.736. The Kier molecular flexibility index (Phi) is 7.05. The molecule has 0 spiro atoms. The summed E-state index contributed by atoms with van der Waals surface area (Å²) in [5.74, 6) is -1.78. The Balaban J connectivity index is 1.50. The number of hydrogen-bond acceptors (Lipinski definition) is 13. The van der Waals surface area contributed by atoms with Crippen molar-refractivity contribution in [1.29, 1.82) is 0 Å². The Morgan fingerprint density at radius 1 is 1.53 bits per heavy atom. The minimum absolute atomic E-state index is 0.0827. The van der Waals surface area contributed by atoms with Crippen molar-refractivity contribution in [2.75, 3.05) is 17.2 Å². The number of aromatic nitrogens is 4. The second-order valence-corrected chi connectivity index (χ2v) is 10.1. The number of nitrogens with zero attached hydrogens (tertiary/aromatic N) is 5. The van der Waals surface area contributed by atoms with E-state index in [1.807, 2.05) is 0 Å². The first-order chi connectivity index (χ1) is 16.3. The van der Waals surface area contributed by atoms with E-state index >= 15 is 0 Å². The molecule has 0 aliphatic carbocycles. The number of fused-ring (bicyclic) bond motifs is 1. The molecule has 17 heteroatoms. The van der Waals surface area contributed by atoms with Crippen LogP contribution in [0.25, 0.3) is 0 Å². The summed E-state index contributed by atoms with van der Waals surface area (Å²) >= 11 is 3.79. The molecule has 4 heterocycles. The number of thioether (sulfide) groups is 2. The molecule has 2 unspecified atom stereocenters. The van der Waals surface area contributed by atoms with Crippen LogP contribution in [0.2, 0.25) is 0 Å². The first kappa shape index (κ1) is 24.0. The number of β-lactam (4-membered cyclic amide) rings is 1. The number of carboxylic acid groups (broad SMARTS) is 1. The summed E-state index contributed by atoms with van der Waals surface area (Å²) in [6.45, 7) is 1.53. The predicted octanol–water partition coefficient (Wildman–Crippen LogP) is -0.600. The van der Waals surface area contributed by atoms with Crippen molar-refractivity contribution in [1.82, 2.24) is 30.6 Å². The Labute approximate surface area is 204 Å². The van der Waals surface area contributed by atoms with E-state index in [0.717, 1.165) is 11.3 Å². The van der Waals surface area contributed by atoms with Crippen LogP contribution < -0.4 is 16.8 Å². The third-order valence-corrected chi connectivity index (χ3v) is 7.64. The monoisotopic (exact) mass is 525 g/mol. The molecule has 2 amide bonds. The average molecular weight is 526 g/mol. The summed E-state index contributed by atoms with van der Waals surface area (Å²) in [4.78, 5) is 48.0. The van der Waals surface area contributed by atoms with Crippen LogP contribution in [0.4, 0.5) is 5.13 Å². The lowest BCUT2D eigenvalue weighted by atomic mass is 10.0. The Morgan fingerprint density at radius 2 is 2.32 bits per heavy atom. The number of nitrogens with two attached hydrogens (primary N) is 2. The van der Waals surface area contributed by atoms with Gasteiger partial charge in [0.05, 0.1) is 6.20 Å². The van der Waals surface area contributed by atoms with Crippen molar-refractivity contribution >= 4 is 63.5 Å². The molecule has 0 saturated carbocycles. The number of H-pyrrole nitrogens is 1. The highest BCUT2D eigenvalue weighted by Crippen LogP contribution is 2.41. The van der Waals surface area contributed by atoms with Crippen molar-refractivity contribution in [2.24, 2.45) is 10.9 Å². The summed E-state index contributed by atoms with van der Waals surface area (Å²) in [5, 5.41) is 28.0. The topological polar surface area (TPSA) is 215 Å². The van der Waals surface area contributed by atoms with Crippen molar-refractivity contribution in [3.05, 3.63) is 28.5 Å². The number of carbonyl (C=O) groups is 3. The molecule has 180 valence electrons. The number of amides is 2. The van der Waals surface area contributed by atoms with Gasteiger partial charge in [-0.15, -0.1) is 40.0 Å². The van der Waals surface area contributed by atoms with E-state index in [1.165, 1.54) is 46.9 Å². The number of anilines is 1. The zero-order valence-electron chi connectivity index (χ0n) is 17.5. The zero-order chi connectivity index (χ0) is 24.4. The maximum absolute atomic E-state index is 12.9. The van der Waals surface area contributed by atoms with Crippen LogP contribution in [0, 0.1) is 0 Å². The maximum atomic E-state index is 12.9. The van der Waals surface area contributed by atoms with Gasteiger partial charge in [-0.1, -0.05) is 10.4 Å². The summed E-state index contributed by atoms with van der Waals surface area (Å²) in [6, 6.07) is -0.950. The van der Waals surface area contributed by atoms with Crippen molar-refractivity contribution in [3.8, 4) is 0 Å². The highest BCUT2D eigenvalue weighted by Gasteiger charge is 2.54. The van der Waals surface area contributed by atoms with Crippen LogP contribution >= 0.6 is 34.9 Å². The molecule has 14 nitrogen and oxygen atoms in total. The summed E-state index contributed by atoms with van der Waals surface area (Å²) < 4.78 is 0. The fraction of sp³-hybridized carbons (Fsp3) is 0.353. The Hall–Kier alpha value is -3.15. The molecule has 34 heavy (non-hydrogen) atoms. The van der Waals surface area contributed by atoms with E-state index in [1.54, 1.807) is 0 Å². The van der Waals surface area contributed by atoms with Crippen molar-refractivity contribution in [3.63, 3.8) is 0 Å². The molecule has 7 N–H and O–H groups in total. The molecule has 2 aliphatic rings. The highest BCUT2D eigenvalue weighted by molar-refractivity contribution is 8.01. The lowest BCUT2D eigenvalue weighted by Crippen LogP contribution is -2.71. The minimum Gasteiger partial charge on any atom is -0.477 e. The number of oxime groups is 1. The van der Waals surface area contributed by atoms with E-state index < -0.39 is 35.4 Å². The van der Waals surface area contributed by atoms with Crippen LogP contribution in [-0.2, 0) is 19.2 Å². The van der Waals surface area contributed by atoms with Gasteiger partial charge in [-0.05, 0) is 12.5 Å². The molecule has 1 fully saturated rings. The third kappa shape index (κ3) is 4.86. The SMILES string of the molecule is CC(N)O/N=C(/C(=O)NC1C(=O)N2C(C(=O)O)=C(CSc3cnn[nH]3)CS[C@H]12)c1csc(N)n1. The lowest BCUT2D eigenvalue weighted by Gasteiger charge is -2.49. The molecule has 4 rings (SSSR count). The number of rotatable bonds is 9. The Bertz CT molecular complexity index is 1160. The predicted molar refractivity (Wildman–Crippen MR) is 125 cm³/mol. The van der Waals surface area contributed by atoms with E-state index in [0.29, 0.717) is 22.1 Å². The molecule has 0 aromatic carbocycles. The molecular weight excluding hydrogens is 506 g/mol. The molecule has 1 saturated heterocycles.